The molecule has 15 heavy (non-hydrogen) atoms. The van der Waals surface area contributed by atoms with Crippen LogP contribution in [0.25, 0.3) is 6.08 Å². The van der Waals surface area contributed by atoms with Gasteiger partial charge in [0.05, 0.1) is 23.0 Å². The monoisotopic (exact) mass is 223 g/mol. The highest BCUT2D eigenvalue weighted by molar-refractivity contribution is 7.88. The molecule has 0 bridgehead atoms. The van der Waals surface area contributed by atoms with Gasteiger partial charge in [0, 0.05) is 17.2 Å². The van der Waals surface area contributed by atoms with Crippen LogP contribution in [0.1, 0.15) is 22.8 Å². The highest BCUT2D eigenvalue weighted by atomic mass is 32.2. The number of ether oxygens (including phenoxy) is 1. The van der Waals surface area contributed by atoms with Crippen LogP contribution in [0.4, 0.5) is 0 Å². The predicted octanol–water partition coefficient (Wildman–Crippen LogP) is 1.35. The summed E-state index contributed by atoms with van der Waals surface area (Å²) in [5.41, 5.74) is 1.11. The number of pyridine rings is 1. The number of carbonyl (C=O) groups is 1. The minimum Gasteiger partial charge on any atom is -0.462 e. The summed E-state index contributed by atoms with van der Waals surface area (Å²) >= 11 is 0. The maximum atomic E-state index is 11.4. The molecule has 1 atom stereocenters. The zero-order chi connectivity index (χ0) is 10.8. The highest BCUT2D eigenvalue weighted by Crippen LogP contribution is 2.22. The van der Waals surface area contributed by atoms with Gasteiger partial charge in [0.2, 0.25) is 0 Å². The Balaban J connectivity index is 2.34. The van der Waals surface area contributed by atoms with E-state index in [-0.39, 0.29) is 0 Å². The molecule has 0 aromatic carbocycles. The second-order valence-corrected chi connectivity index (χ2v) is 4.19. The van der Waals surface area contributed by atoms with Gasteiger partial charge in [-0.1, -0.05) is 0 Å². The van der Waals surface area contributed by atoms with Crippen molar-refractivity contribution in [2.45, 2.75) is 11.9 Å². The summed E-state index contributed by atoms with van der Waals surface area (Å²) in [5, 5.41) is 2.05. The van der Waals surface area contributed by atoms with Crippen molar-refractivity contribution in [3.8, 4) is 0 Å². The molecule has 2 heterocycles. The molecule has 5 heteroatoms. The Hall–Kier alpha value is -1.49. The van der Waals surface area contributed by atoms with Crippen molar-refractivity contribution >= 4 is 22.8 Å². The molecular weight excluding hydrogens is 214 g/mol. The van der Waals surface area contributed by atoms with Gasteiger partial charge in [0.1, 0.15) is 5.03 Å². The predicted molar refractivity (Wildman–Crippen MR) is 55.6 cm³/mol. The maximum Gasteiger partial charge on any atom is 0.339 e. The number of hydrogen-bond acceptors (Lipinski definition) is 4. The van der Waals surface area contributed by atoms with Crippen LogP contribution in [0, 0.1) is 0 Å². The Labute approximate surface area is 89.4 Å². The van der Waals surface area contributed by atoms with E-state index in [0.29, 0.717) is 17.2 Å². The second-order valence-electron chi connectivity index (χ2n) is 2.94. The molecule has 1 aliphatic heterocycles. The summed E-state index contributed by atoms with van der Waals surface area (Å²) in [4.78, 5) is 15.3. The fourth-order valence-electron chi connectivity index (χ4n) is 1.28. The van der Waals surface area contributed by atoms with Crippen LogP contribution >= 0.6 is 0 Å². The molecule has 0 saturated heterocycles. The van der Waals surface area contributed by atoms with Gasteiger partial charge < -0.3 is 4.74 Å². The third kappa shape index (κ3) is 1.83. The largest absolute Gasteiger partial charge is 0.462 e. The van der Waals surface area contributed by atoms with Gasteiger partial charge in [-0.05, 0) is 19.1 Å². The summed E-state index contributed by atoms with van der Waals surface area (Å²) < 4.78 is 16.2. The summed E-state index contributed by atoms with van der Waals surface area (Å²) in [7, 11) is -1.17. The maximum absolute atomic E-state index is 11.4. The number of esters is 1. The lowest BCUT2D eigenvalue weighted by atomic mass is 10.2. The number of hydrogen-bond donors (Lipinski definition) is 0. The number of aromatic nitrogens is 1. The van der Waals surface area contributed by atoms with Crippen molar-refractivity contribution < 1.29 is 13.7 Å². The third-order valence-corrected chi connectivity index (χ3v) is 3.06. The molecule has 0 amide bonds. The van der Waals surface area contributed by atoms with Crippen molar-refractivity contribution in [3.63, 3.8) is 0 Å². The minimum atomic E-state index is -1.17. The molecule has 4 nitrogen and oxygen atoms in total. The Morgan fingerprint density at radius 1 is 1.60 bits per heavy atom. The molecule has 0 aliphatic carbocycles. The third-order valence-electron chi connectivity index (χ3n) is 1.95. The summed E-state index contributed by atoms with van der Waals surface area (Å²) in [6, 6.07) is 1.64. The zero-order valence-corrected chi connectivity index (χ0v) is 8.91. The van der Waals surface area contributed by atoms with E-state index < -0.39 is 16.8 Å². The van der Waals surface area contributed by atoms with Crippen molar-refractivity contribution in [2.24, 2.45) is 0 Å². The number of rotatable bonds is 2. The van der Waals surface area contributed by atoms with Gasteiger partial charge in [0.15, 0.2) is 0 Å². The molecule has 0 saturated carbocycles. The molecule has 1 aromatic heterocycles. The Kier molecular flexibility index (Phi) is 2.64. The lowest BCUT2D eigenvalue weighted by Gasteiger charge is -2.02. The van der Waals surface area contributed by atoms with Gasteiger partial charge in [-0.2, -0.15) is 0 Å². The van der Waals surface area contributed by atoms with E-state index in [2.05, 4.69) is 4.98 Å². The van der Waals surface area contributed by atoms with Crippen LogP contribution in [0.3, 0.4) is 0 Å². The lowest BCUT2D eigenvalue weighted by molar-refractivity contribution is 0.0525. The van der Waals surface area contributed by atoms with Crippen molar-refractivity contribution in [3.05, 3.63) is 28.8 Å². The summed E-state index contributed by atoms with van der Waals surface area (Å²) in [6.07, 6.45) is 3.09. The average molecular weight is 223 g/mol. The first kappa shape index (κ1) is 10.0. The fraction of sp³-hybridized carbons (Fsp3) is 0.200. The Morgan fingerprint density at radius 2 is 2.40 bits per heavy atom. The molecule has 1 aromatic rings. The summed E-state index contributed by atoms with van der Waals surface area (Å²) in [6.45, 7) is 2.07. The molecule has 0 fully saturated rings. The van der Waals surface area contributed by atoms with Crippen molar-refractivity contribution in [1.29, 1.82) is 0 Å². The smallest absolute Gasteiger partial charge is 0.339 e. The quantitative estimate of drug-likeness (QED) is 0.710. The van der Waals surface area contributed by atoms with Crippen molar-refractivity contribution in [2.75, 3.05) is 6.61 Å². The first-order valence-corrected chi connectivity index (χ1v) is 5.69. The van der Waals surface area contributed by atoms with Gasteiger partial charge in [-0.25, -0.2) is 14.0 Å². The van der Waals surface area contributed by atoms with E-state index in [1.807, 2.05) is 0 Å². The number of fused-ring (bicyclic) bond motifs is 1. The van der Waals surface area contributed by atoms with Crippen LogP contribution in [0.5, 0.6) is 0 Å². The van der Waals surface area contributed by atoms with E-state index >= 15 is 0 Å². The normalized spacial score (nSPS) is 17.5. The van der Waals surface area contributed by atoms with E-state index in [1.54, 1.807) is 24.5 Å². The average Bonchev–Trinajstić information content (AvgIpc) is 2.60. The zero-order valence-electron chi connectivity index (χ0n) is 8.10. The number of nitrogens with zero attached hydrogens (tertiary/aromatic N) is 1. The van der Waals surface area contributed by atoms with E-state index in [0.717, 1.165) is 5.56 Å². The number of carbonyl (C=O) groups excluding carboxylic acids is 1. The molecule has 1 aliphatic rings. The molecule has 0 spiro atoms. The van der Waals surface area contributed by atoms with E-state index in [9.17, 15) is 9.00 Å². The molecule has 1 unspecified atom stereocenters. The molecule has 0 N–H and O–H groups in total. The standard InChI is InChI=1S/C10H9NO3S/c1-2-14-10(12)8-5-7-3-4-15(13)9(7)11-6-8/h3-6H,2H2,1H3. The molecule has 78 valence electrons. The van der Waals surface area contributed by atoms with Gasteiger partial charge in [-0.3, -0.25) is 0 Å². The van der Waals surface area contributed by atoms with Crippen LogP contribution in [0.2, 0.25) is 0 Å². The van der Waals surface area contributed by atoms with Crippen LogP contribution in [0.15, 0.2) is 22.7 Å². The Morgan fingerprint density at radius 3 is 3.13 bits per heavy atom. The molecular formula is C10H9NO3S. The first-order chi connectivity index (χ1) is 7.22. The molecule has 2 rings (SSSR count). The Bertz CT molecular complexity index is 468. The van der Waals surface area contributed by atoms with Gasteiger partial charge in [0.25, 0.3) is 0 Å². The van der Waals surface area contributed by atoms with Gasteiger partial charge >= 0.3 is 5.97 Å². The second kappa shape index (κ2) is 3.94. The lowest BCUT2D eigenvalue weighted by Crippen LogP contribution is -2.06. The van der Waals surface area contributed by atoms with E-state index in [1.165, 1.54) is 6.20 Å². The van der Waals surface area contributed by atoms with Crippen LogP contribution in [-0.4, -0.2) is 21.8 Å². The topological polar surface area (TPSA) is 56.3 Å². The molecule has 0 radical (unpaired) electrons. The SMILES string of the molecule is CCOC(=O)c1cnc2c(c1)C=CS2=O. The minimum absolute atomic E-state index is 0.331. The fourth-order valence-corrected chi connectivity index (χ4v) is 2.20. The summed E-state index contributed by atoms with van der Waals surface area (Å²) in [5.74, 6) is -0.404. The highest BCUT2D eigenvalue weighted by Gasteiger charge is 2.16. The van der Waals surface area contributed by atoms with Crippen LogP contribution < -0.4 is 0 Å². The van der Waals surface area contributed by atoms with Crippen molar-refractivity contribution in [1.82, 2.24) is 4.98 Å². The van der Waals surface area contributed by atoms with Gasteiger partial charge in [-0.15, -0.1) is 0 Å². The first-order valence-electron chi connectivity index (χ1n) is 4.48. The van der Waals surface area contributed by atoms with E-state index in [4.69, 9.17) is 4.74 Å². The van der Waals surface area contributed by atoms with Crippen LogP contribution in [-0.2, 0) is 15.5 Å².